The van der Waals surface area contributed by atoms with Crippen LogP contribution in [0.25, 0.3) is 21.8 Å². The lowest BCUT2D eigenvalue weighted by atomic mass is 10.1. The van der Waals surface area contributed by atoms with Crippen LogP contribution in [0.2, 0.25) is 0 Å². The summed E-state index contributed by atoms with van der Waals surface area (Å²) in [5.41, 5.74) is 11.4. The molecule has 0 radical (unpaired) electrons. The van der Waals surface area contributed by atoms with Gasteiger partial charge in [-0.15, -0.1) is 11.3 Å². The van der Waals surface area contributed by atoms with Crippen LogP contribution in [0.5, 0.6) is 0 Å². The van der Waals surface area contributed by atoms with Crippen molar-refractivity contribution in [3.8, 4) is 21.8 Å². The van der Waals surface area contributed by atoms with Crippen LogP contribution in [0.1, 0.15) is 10.4 Å². The Labute approximate surface area is 129 Å². The molecule has 20 heavy (non-hydrogen) atoms. The number of hydrogen-bond donors (Lipinski definition) is 1. The van der Waals surface area contributed by atoms with E-state index >= 15 is 0 Å². The fourth-order valence-electron chi connectivity index (χ4n) is 2.54. The highest BCUT2D eigenvalue weighted by Crippen LogP contribution is 2.42. The smallest absolute Gasteiger partial charge is 0.124 e. The molecule has 0 bridgehead atoms. The van der Waals surface area contributed by atoms with Gasteiger partial charge in [-0.3, -0.25) is 0 Å². The van der Waals surface area contributed by atoms with Crippen LogP contribution < -0.4 is 5.73 Å². The summed E-state index contributed by atoms with van der Waals surface area (Å²) >= 11 is 5.30. The Morgan fingerprint density at radius 1 is 1.10 bits per heavy atom. The van der Waals surface area contributed by atoms with Gasteiger partial charge in [-0.25, -0.2) is 4.98 Å². The third-order valence-electron chi connectivity index (χ3n) is 3.53. The van der Waals surface area contributed by atoms with Crippen molar-refractivity contribution in [1.29, 1.82) is 0 Å². The van der Waals surface area contributed by atoms with Crippen LogP contribution in [0.4, 0.5) is 5.69 Å². The number of nitrogens with two attached hydrogens (primary N) is 1. The minimum Gasteiger partial charge on any atom is -0.399 e. The Hall–Kier alpha value is -1.65. The zero-order valence-electron chi connectivity index (χ0n) is 10.6. The van der Waals surface area contributed by atoms with Crippen molar-refractivity contribution in [2.75, 3.05) is 5.73 Å². The standard InChI is InChI=1S/C16H11BrN2S/c17-11-3-6-13-10(7-11)8-14-15(13)19-16(20-14)9-1-4-12(18)5-2-9/h1-7H,8,18H2. The second-order valence-electron chi connectivity index (χ2n) is 4.89. The van der Waals surface area contributed by atoms with E-state index < -0.39 is 0 Å². The average molecular weight is 343 g/mol. The van der Waals surface area contributed by atoms with Crippen LogP contribution in [0.15, 0.2) is 46.9 Å². The van der Waals surface area contributed by atoms with Crippen molar-refractivity contribution in [3.63, 3.8) is 0 Å². The summed E-state index contributed by atoms with van der Waals surface area (Å²) in [5, 5.41) is 1.07. The SMILES string of the molecule is Nc1ccc(-c2nc3c(s2)Cc2cc(Br)ccc2-3)cc1. The topological polar surface area (TPSA) is 38.9 Å². The number of fused-ring (bicyclic) bond motifs is 3. The molecule has 0 saturated carbocycles. The first kappa shape index (κ1) is 12.1. The van der Waals surface area contributed by atoms with Gasteiger partial charge in [0, 0.05) is 32.6 Å². The van der Waals surface area contributed by atoms with E-state index in [0.29, 0.717) is 0 Å². The van der Waals surface area contributed by atoms with E-state index in [9.17, 15) is 0 Å². The lowest BCUT2D eigenvalue weighted by Crippen LogP contribution is -1.84. The van der Waals surface area contributed by atoms with Crippen LogP contribution in [-0.2, 0) is 6.42 Å². The third kappa shape index (κ3) is 1.87. The van der Waals surface area contributed by atoms with E-state index in [2.05, 4.69) is 34.1 Å². The first-order valence-electron chi connectivity index (χ1n) is 6.35. The third-order valence-corrected chi connectivity index (χ3v) is 5.13. The Bertz CT molecular complexity index is 806. The average Bonchev–Trinajstić information content (AvgIpc) is 2.96. The lowest BCUT2D eigenvalue weighted by Gasteiger charge is -2.01. The predicted molar refractivity (Wildman–Crippen MR) is 87.9 cm³/mol. The monoisotopic (exact) mass is 342 g/mol. The van der Waals surface area contributed by atoms with E-state index in [0.717, 1.165) is 32.8 Å². The molecule has 0 unspecified atom stereocenters. The van der Waals surface area contributed by atoms with Gasteiger partial charge >= 0.3 is 0 Å². The molecule has 1 aromatic heterocycles. The molecule has 0 spiro atoms. The first-order valence-corrected chi connectivity index (χ1v) is 7.96. The lowest BCUT2D eigenvalue weighted by molar-refractivity contribution is 1.30. The van der Waals surface area contributed by atoms with Crippen molar-refractivity contribution in [2.24, 2.45) is 0 Å². The maximum atomic E-state index is 5.73. The largest absolute Gasteiger partial charge is 0.399 e. The van der Waals surface area contributed by atoms with Crippen molar-refractivity contribution in [1.82, 2.24) is 4.98 Å². The van der Waals surface area contributed by atoms with Gasteiger partial charge < -0.3 is 5.73 Å². The van der Waals surface area contributed by atoms with Gasteiger partial charge in [-0.2, -0.15) is 0 Å². The zero-order chi connectivity index (χ0) is 13.7. The molecule has 4 rings (SSSR count). The van der Waals surface area contributed by atoms with E-state index in [1.54, 1.807) is 11.3 Å². The van der Waals surface area contributed by atoms with Gasteiger partial charge in [0.1, 0.15) is 5.01 Å². The molecule has 98 valence electrons. The molecule has 4 heteroatoms. The minimum absolute atomic E-state index is 0.785. The van der Waals surface area contributed by atoms with Gasteiger partial charge in [0.25, 0.3) is 0 Å². The summed E-state index contributed by atoms with van der Waals surface area (Å²) in [6.07, 6.45) is 0.983. The Kier molecular flexibility index (Phi) is 2.69. The molecule has 0 aliphatic heterocycles. The van der Waals surface area contributed by atoms with Gasteiger partial charge in [0.2, 0.25) is 0 Å². The summed E-state index contributed by atoms with van der Waals surface area (Å²) in [4.78, 5) is 6.18. The predicted octanol–water partition coefficient (Wildman–Crippen LogP) is 4.73. The minimum atomic E-state index is 0.785. The summed E-state index contributed by atoms with van der Waals surface area (Å²) in [7, 11) is 0. The summed E-state index contributed by atoms with van der Waals surface area (Å²) in [6.45, 7) is 0. The second-order valence-corrected chi connectivity index (χ2v) is 6.89. The molecule has 3 aromatic rings. The number of nitrogens with zero attached hydrogens (tertiary/aromatic N) is 1. The maximum absolute atomic E-state index is 5.73. The van der Waals surface area contributed by atoms with Gasteiger partial charge in [-0.05, 0) is 42.0 Å². The number of rotatable bonds is 1. The normalized spacial score (nSPS) is 12.2. The number of thiazole rings is 1. The molecule has 0 fully saturated rings. The molecule has 2 aromatic carbocycles. The van der Waals surface area contributed by atoms with Crippen LogP contribution in [-0.4, -0.2) is 4.98 Å². The van der Waals surface area contributed by atoms with E-state index in [-0.39, 0.29) is 0 Å². The van der Waals surface area contributed by atoms with Crippen LogP contribution >= 0.6 is 27.3 Å². The highest BCUT2D eigenvalue weighted by Gasteiger charge is 2.23. The van der Waals surface area contributed by atoms with Crippen LogP contribution in [0, 0.1) is 0 Å². The number of halogens is 1. The second kappa shape index (κ2) is 4.43. The van der Waals surface area contributed by atoms with Gasteiger partial charge in [0.05, 0.1) is 5.69 Å². The molecule has 2 N–H and O–H groups in total. The van der Waals surface area contributed by atoms with Crippen molar-refractivity contribution < 1.29 is 0 Å². The van der Waals surface area contributed by atoms with Crippen molar-refractivity contribution in [2.45, 2.75) is 6.42 Å². The molecular formula is C16H11BrN2S. The van der Waals surface area contributed by atoms with Crippen molar-refractivity contribution >= 4 is 33.0 Å². The fourth-order valence-corrected chi connectivity index (χ4v) is 4.06. The Morgan fingerprint density at radius 3 is 2.70 bits per heavy atom. The highest BCUT2D eigenvalue weighted by molar-refractivity contribution is 9.10. The number of anilines is 1. The van der Waals surface area contributed by atoms with Crippen molar-refractivity contribution in [3.05, 3.63) is 57.4 Å². The van der Waals surface area contributed by atoms with Gasteiger partial charge in [-0.1, -0.05) is 22.0 Å². The zero-order valence-corrected chi connectivity index (χ0v) is 13.0. The Balaban J connectivity index is 1.80. The molecule has 1 aliphatic rings. The number of aromatic nitrogens is 1. The number of benzene rings is 2. The van der Waals surface area contributed by atoms with E-state index in [1.165, 1.54) is 16.0 Å². The molecule has 1 aliphatic carbocycles. The quantitative estimate of drug-likeness (QED) is 0.508. The number of hydrogen-bond acceptors (Lipinski definition) is 3. The van der Waals surface area contributed by atoms with Crippen LogP contribution in [0.3, 0.4) is 0 Å². The fraction of sp³-hybridized carbons (Fsp3) is 0.0625. The first-order chi connectivity index (χ1) is 9.70. The van der Waals surface area contributed by atoms with E-state index in [1.807, 2.05) is 24.3 Å². The van der Waals surface area contributed by atoms with Gasteiger partial charge in [0.15, 0.2) is 0 Å². The highest BCUT2D eigenvalue weighted by atomic mass is 79.9. The molecule has 0 amide bonds. The molecule has 2 nitrogen and oxygen atoms in total. The molecular weight excluding hydrogens is 332 g/mol. The van der Waals surface area contributed by atoms with E-state index in [4.69, 9.17) is 10.7 Å². The maximum Gasteiger partial charge on any atom is 0.124 e. The summed E-state index contributed by atoms with van der Waals surface area (Å²) < 4.78 is 1.13. The molecule has 0 atom stereocenters. The summed E-state index contributed by atoms with van der Waals surface area (Å²) in [6, 6.07) is 14.3. The molecule has 1 heterocycles. The summed E-state index contributed by atoms with van der Waals surface area (Å²) in [5.74, 6) is 0. The Morgan fingerprint density at radius 2 is 1.90 bits per heavy atom. The molecule has 0 saturated heterocycles. The number of nitrogen functional groups attached to an aromatic ring is 1.